The van der Waals surface area contributed by atoms with Crippen LogP contribution in [0.1, 0.15) is 23.5 Å². The molecule has 178 valence electrons. The minimum atomic E-state index is 0. The van der Waals surface area contributed by atoms with Crippen molar-refractivity contribution >= 4 is 35.6 Å². The molecule has 0 saturated carbocycles. The third-order valence-corrected chi connectivity index (χ3v) is 5.76. The number of alkyl halides is 2. The summed E-state index contributed by atoms with van der Waals surface area (Å²) in [7, 11) is 4.85. The lowest BCUT2D eigenvalue weighted by Crippen LogP contribution is -2.30. The summed E-state index contributed by atoms with van der Waals surface area (Å²) >= 11 is 12.0. The summed E-state index contributed by atoms with van der Waals surface area (Å²) < 4.78 is 27.8. The van der Waals surface area contributed by atoms with Gasteiger partial charge in [-0.1, -0.05) is 6.07 Å². The number of benzene rings is 2. The van der Waals surface area contributed by atoms with Crippen molar-refractivity contribution in [2.75, 3.05) is 59.5 Å². The molecule has 0 saturated heterocycles. The van der Waals surface area contributed by atoms with E-state index >= 15 is 0 Å². The molecule has 3 rings (SSSR count). The lowest BCUT2D eigenvalue weighted by Gasteiger charge is -2.25. The van der Waals surface area contributed by atoms with E-state index in [0.29, 0.717) is 29.0 Å². The Balaban J connectivity index is 0.00000363. The highest BCUT2D eigenvalue weighted by molar-refractivity contribution is 6.18. The normalized spacial score (nSPS) is 12.9. The summed E-state index contributed by atoms with van der Waals surface area (Å²) in [5.74, 6) is 4.54. The summed E-state index contributed by atoms with van der Waals surface area (Å²) in [5.41, 5.74) is 2.18. The molecule has 0 spiro atoms. The van der Waals surface area contributed by atoms with Gasteiger partial charge in [0.15, 0.2) is 23.0 Å². The highest BCUT2D eigenvalue weighted by Crippen LogP contribution is 2.43. The van der Waals surface area contributed by atoms with E-state index in [-0.39, 0.29) is 25.1 Å². The molecular weight excluding hydrogens is 477 g/mol. The first-order valence-corrected chi connectivity index (χ1v) is 11.3. The lowest BCUT2D eigenvalue weighted by atomic mass is 9.87. The first-order valence-electron chi connectivity index (χ1n) is 10.2. The summed E-state index contributed by atoms with van der Waals surface area (Å²) in [6, 6.07) is 10.1. The predicted octanol–water partition coefficient (Wildman–Crippen LogP) is 5.16. The van der Waals surface area contributed by atoms with Crippen LogP contribution in [0.15, 0.2) is 30.3 Å². The van der Waals surface area contributed by atoms with Crippen LogP contribution >= 0.6 is 35.6 Å². The van der Waals surface area contributed by atoms with Crippen LogP contribution in [0.4, 0.5) is 0 Å². The standard InChI is InChI=1S/C23H29Cl2NO5.ClH/c1-27-21-13-17(14-22(28-2)23(21)29-3)18(6-9-26(10-7-24)11-8-25)16-4-5-19-20(12-16)31-15-30-19;/h4-5,12-14,18H,6-11,15H2,1-3H3;1H. The van der Waals surface area contributed by atoms with Crippen LogP contribution in [0.5, 0.6) is 28.7 Å². The number of rotatable bonds is 12. The molecule has 0 bridgehead atoms. The van der Waals surface area contributed by atoms with Gasteiger partial charge in [0.1, 0.15) is 0 Å². The third-order valence-electron chi connectivity index (χ3n) is 5.42. The van der Waals surface area contributed by atoms with Crippen molar-refractivity contribution in [2.24, 2.45) is 0 Å². The van der Waals surface area contributed by atoms with Gasteiger partial charge in [0, 0.05) is 30.8 Å². The summed E-state index contributed by atoms with van der Waals surface area (Å²) in [4.78, 5) is 2.28. The van der Waals surface area contributed by atoms with E-state index in [1.54, 1.807) is 21.3 Å². The fourth-order valence-electron chi connectivity index (χ4n) is 3.84. The zero-order valence-corrected chi connectivity index (χ0v) is 20.9. The number of ether oxygens (including phenoxy) is 5. The van der Waals surface area contributed by atoms with E-state index in [2.05, 4.69) is 11.0 Å². The maximum Gasteiger partial charge on any atom is 0.231 e. The number of fused-ring (bicyclic) bond motifs is 1. The highest BCUT2D eigenvalue weighted by atomic mass is 35.5. The van der Waals surface area contributed by atoms with Gasteiger partial charge in [-0.05, 0) is 48.4 Å². The second-order valence-electron chi connectivity index (χ2n) is 7.13. The van der Waals surface area contributed by atoms with Crippen molar-refractivity contribution < 1.29 is 23.7 Å². The van der Waals surface area contributed by atoms with Crippen LogP contribution in [-0.4, -0.2) is 64.4 Å². The molecule has 1 aliphatic heterocycles. The maximum absolute atomic E-state index is 6.00. The largest absolute Gasteiger partial charge is 0.493 e. The molecule has 32 heavy (non-hydrogen) atoms. The second kappa shape index (κ2) is 13.1. The molecule has 1 unspecified atom stereocenters. The zero-order valence-electron chi connectivity index (χ0n) is 18.6. The monoisotopic (exact) mass is 505 g/mol. The molecule has 1 aliphatic rings. The summed E-state index contributed by atoms with van der Waals surface area (Å²) in [6.45, 7) is 2.66. The Hall–Kier alpha value is -1.73. The van der Waals surface area contributed by atoms with Crippen molar-refractivity contribution in [2.45, 2.75) is 12.3 Å². The Morgan fingerprint density at radius 2 is 1.47 bits per heavy atom. The first-order chi connectivity index (χ1) is 15.1. The molecule has 6 nitrogen and oxygen atoms in total. The van der Waals surface area contributed by atoms with Crippen molar-refractivity contribution in [3.63, 3.8) is 0 Å². The number of hydrogen-bond donors (Lipinski definition) is 0. The van der Waals surface area contributed by atoms with Gasteiger partial charge in [-0.3, -0.25) is 0 Å². The molecule has 0 aromatic heterocycles. The van der Waals surface area contributed by atoms with Crippen LogP contribution in [0, 0.1) is 0 Å². The molecule has 9 heteroatoms. The Kier molecular flexibility index (Phi) is 10.9. The summed E-state index contributed by atoms with van der Waals surface area (Å²) in [6.07, 6.45) is 0.853. The van der Waals surface area contributed by atoms with E-state index in [1.165, 1.54) is 0 Å². The first kappa shape index (κ1) is 26.5. The van der Waals surface area contributed by atoms with Gasteiger partial charge in [0.05, 0.1) is 21.3 Å². The van der Waals surface area contributed by atoms with Gasteiger partial charge in [0.2, 0.25) is 12.5 Å². The Labute approximate surface area is 206 Å². The minimum Gasteiger partial charge on any atom is -0.493 e. The van der Waals surface area contributed by atoms with E-state index in [4.69, 9.17) is 46.9 Å². The minimum absolute atomic E-state index is 0. The fraction of sp³-hybridized carbons (Fsp3) is 0.478. The third kappa shape index (κ3) is 6.19. The SMILES string of the molecule is COc1cc(C(CCN(CCCl)CCCl)c2ccc3c(c2)OCO3)cc(OC)c1OC.Cl. The van der Waals surface area contributed by atoms with Gasteiger partial charge in [0.25, 0.3) is 0 Å². The van der Waals surface area contributed by atoms with Gasteiger partial charge in [-0.2, -0.15) is 0 Å². The maximum atomic E-state index is 6.00. The van der Waals surface area contributed by atoms with Crippen molar-refractivity contribution in [3.05, 3.63) is 41.5 Å². The van der Waals surface area contributed by atoms with E-state index in [9.17, 15) is 0 Å². The fourth-order valence-corrected chi connectivity index (χ4v) is 4.32. The predicted molar refractivity (Wildman–Crippen MR) is 130 cm³/mol. The van der Waals surface area contributed by atoms with Crippen LogP contribution < -0.4 is 23.7 Å². The Morgan fingerprint density at radius 1 is 0.844 bits per heavy atom. The van der Waals surface area contributed by atoms with Crippen LogP contribution in [0.25, 0.3) is 0 Å². The van der Waals surface area contributed by atoms with Crippen LogP contribution in [0.2, 0.25) is 0 Å². The van der Waals surface area contributed by atoms with E-state index < -0.39 is 0 Å². The molecule has 1 atom stereocenters. The quantitative estimate of drug-likeness (QED) is 0.370. The van der Waals surface area contributed by atoms with Crippen molar-refractivity contribution in [1.82, 2.24) is 4.90 Å². The van der Waals surface area contributed by atoms with E-state index in [0.717, 1.165) is 48.7 Å². The average Bonchev–Trinajstić information content (AvgIpc) is 3.26. The number of methoxy groups -OCH3 is 3. The van der Waals surface area contributed by atoms with Crippen LogP contribution in [0.3, 0.4) is 0 Å². The van der Waals surface area contributed by atoms with Crippen molar-refractivity contribution in [3.8, 4) is 28.7 Å². The molecule has 0 fully saturated rings. The molecule has 2 aromatic rings. The molecule has 0 N–H and O–H groups in total. The Morgan fingerprint density at radius 3 is 2.03 bits per heavy atom. The molecule has 1 heterocycles. The van der Waals surface area contributed by atoms with Crippen molar-refractivity contribution in [1.29, 1.82) is 0 Å². The van der Waals surface area contributed by atoms with Crippen LogP contribution in [-0.2, 0) is 0 Å². The Bertz CT molecular complexity index is 837. The smallest absolute Gasteiger partial charge is 0.231 e. The zero-order chi connectivity index (χ0) is 22.2. The molecular formula is C23H30Cl3NO5. The number of nitrogens with zero attached hydrogens (tertiary/aromatic N) is 1. The highest BCUT2D eigenvalue weighted by Gasteiger charge is 2.23. The lowest BCUT2D eigenvalue weighted by molar-refractivity contribution is 0.174. The van der Waals surface area contributed by atoms with Gasteiger partial charge >= 0.3 is 0 Å². The molecule has 0 radical (unpaired) electrons. The second-order valence-corrected chi connectivity index (χ2v) is 7.89. The van der Waals surface area contributed by atoms with Gasteiger partial charge in [-0.15, -0.1) is 35.6 Å². The average molecular weight is 507 g/mol. The molecule has 0 aliphatic carbocycles. The van der Waals surface area contributed by atoms with E-state index in [1.807, 2.05) is 24.3 Å². The van der Waals surface area contributed by atoms with Gasteiger partial charge < -0.3 is 28.6 Å². The van der Waals surface area contributed by atoms with Gasteiger partial charge in [-0.25, -0.2) is 0 Å². The number of halogens is 3. The molecule has 0 amide bonds. The molecule has 2 aromatic carbocycles. The number of hydrogen-bond acceptors (Lipinski definition) is 6. The summed E-state index contributed by atoms with van der Waals surface area (Å²) in [5, 5.41) is 0. The topological polar surface area (TPSA) is 49.4 Å².